The van der Waals surface area contributed by atoms with Crippen molar-refractivity contribution < 1.29 is 9.90 Å². The lowest BCUT2D eigenvalue weighted by atomic mass is 10.1. The number of hydrogen-bond donors (Lipinski definition) is 1. The molecule has 0 bridgehead atoms. The van der Waals surface area contributed by atoms with E-state index < -0.39 is 0 Å². The first-order valence-corrected chi connectivity index (χ1v) is 8.75. The number of nitrogens with zero attached hydrogens (tertiary/aromatic N) is 2. The van der Waals surface area contributed by atoms with Gasteiger partial charge in [0.05, 0.1) is 25.6 Å². The minimum Gasteiger partial charge on any atom is -0.507 e. The first-order valence-electron chi connectivity index (χ1n) is 6.92. The Kier molecular flexibility index (Phi) is 4.85. The lowest BCUT2D eigenvalue weighted by Gasteiger charge is -2.13. The molecule has 0 spiro atoms. The fraction of sp³-hybridized carbons (Fsp3) is 0.0588. The number of hydrogen-bond acceptors (Lipinski definition) is 3. The first kappa shape index (κ1) is 17.3. The van der Waals surface area contributed by atoms with Gasteiger partial charge in [0.2, 0.25) is 0 Å². The first-order chi connectivity index (χ1) is 11.4. The predicted octanol–water partition coefficient (Wildman–Crippen LogP) is 5.11. The van der Waals surface area contributed by atoms with Crippen LogP contribution in [-0.4, -0.2) is 16.7 Å². The van der Waals surface area contributed by atoms with E-state index in [9.17, 15) is 9.90 Å². The Labute approximate surface area is 162 Å². The predicted molar refractivity (Wildman–Crippen MR) is 106 cm³/mol. The molecule has 3 rings (SSSR count). The van der Waals surface area contributed by atoms with E-state index in [0.29, 0.717) is 30.6 Å². The zero-order valence-electron chi connectivity index (χ0n) is 12.4. The van der Waals surface area contributed by atoms with E-state index >= 15 is 0 Å². The molecule has 1 heterocycles. The molecule has 24 heavy (non-hydrogen) atoms. The zero-order chi connectivity index (χ0) is 17.4. The molecular formula is C17H11Cl2IN2O2. The third kappa shape index (κ3) is 3.29. The fourth-order valence-corrected chi connectivity index (χ4v) is 3.18. The number of carbonyl (C=O) groups excluding carboxylic acids is 1. The number of amides is 1. The normalized spacial score (nSPS) is 16.0. The minimum atomic E-state index is -0.278. The molecule has 0 aliphatic carbocycles. The molecule has 0 unspecified atom stereocenters. The van der Waals surface area contributed by atoms with Crippen molar-refractivity contribution in [1.29, 1.82) is 0 Å². The number of phenolic OH excluding ortho intramolecular Hbond substituents is 1. The number of rotatable bonds is 2. The highest BCUT2D eigenvalue weighted by Gasteiger charge is 2.30. The second-order valence-electron chi connectivity index (χ2n) is 5.17. The third-order valence-electron chi connectivity index (χ3n) is 3.48. The molecule has 0 atom stereocenters. The number of phenols is 1. The summed E-state index contributed by atoms with van der Waals surface area (Å²) < 4.78 is 0.705. The second-order valence-corrected chi connectivity index (χ2v) is 7.17. The Hall–Kier alpha value is -1.57. The third-order valence-corrected chi connectivity index (χ3v) is 4.90. The Morgan fingerprint density at radius 2 is 1.96 bits per heavy atom. The van der Waals surface area contributed by atoms with Crippen molar-refractivity contribution in [3.05, 3.63) is 61.2 Å². The van der Waals surface area contributed by atoms with Gasteiger partial charge >= 0.3 is 0 Å². The summed E-state index contributed by atoms with van der Waals surface area (Å²) in [6, 6.07) is 10.00. The van der Waals surface area contributed by atoms with E-state index in [-0.39, 0.29) is 11.7 Å². The van der Waals surface area contributed by atoms with Crippen LogP contribution in [0.15, 0.2) is 47.1 Å². The molecule has 4 nitrogen and oxygen atoms in total. The second kappa shape index (κ2) is 6.74. The molecule has 1 amide bonds. The van der Waals surface area contributed by atoms with Crippen molar-refractivity contribution in [2.24, 2.45) is 5.10 Å². The number of aromatic hydroxyl groups is 1. The van der Waals surface area contributed by atoms with Crippen LogP contribution in [0, 0.1) is 3.57 Å². The lowest BCUT2D eigenvalue weighted by Crippen LogP contribution is -2.21. The van der Waals surface area contributed by atoms with E-state index in [1.807, 2.05) is 22.6 Å². The smallest absolute Gasteiger partial charge is 0.280 e. The van der Waals surface area contributed by atoms with E-state index in [4.69, 9.17) is 23.2 Å². The molecule has 0 aromatic heterocycles. The lowest BCUT2D eigenvalue weighted by molar-refractivity contribution is -0.114. The van der Waals surface area contributed by atoms with Gasteiger partial charge in [0.1, 0.15) is 5.75 Å². The van der Waals surface area contributed by atoms with E-state index in [2.05, 4.69) is 5.10 Å². The molecule has 0 saturated carbocycles. The van der Waals surface area contributed by atoms with Crippen LogP contribution in [0.3, 0.4) is 0 Å². The van der Waals surface area contributed by atoms with Crippen LogP contribution in [0.5, 0.6) is 5.75 Å². The molecular weight excluding hydrogens is 462 g/mol. The molecule has 0 saturated heterocycles. The highest BCUT2D eigenvalue weighted by atomic mass is 127. The molecule has 2 aromatic carbocycles. The number of halogens is 3. The van der Waals surface area contributed by atoms with Crippen molar-refractivity contribution in [2.75, 3.05) is 5.01 Å². The van der Waals surface area contributed by atoms with Crippen molar-refractivity contribution >= 4 is 69.2 Å². The topological polar surface area (TPSA) is 52.9 Å². The average Bonchev–Trinajstić information content (AvgIpc) is 2.81. The van der Waals surface area contributed by atoms with Gasteiger partial charge in [-0.05, 0) is 71.5 Å². The van der Waals surface area contributed by atoms with Gasteiger partial charge in [0, 0.05) is 5.02 Å². The monoisotopic (exact) mass is 472 g/mol. The number of anilines is 1. The van der Waals surface area contributed by atoms with E-state index in [0.717, 1.165) is 5.56 Å². The summed E-state index contributed by atoms with van der Waals surface area (Å²) in [7, 11) is 0. The van der Waals surface area contributed by atoms with Crippen LogP contribution in [0.4, 0.5) is 5.69 Å². The van der Waals surface area contributed by atoms with E-state index in [1.54, 1.807) is 49.4 Å². The summed E-state index contributed by atoms with van der Waals surface area (Å²) in [4.78, 5) is 12.7. The maximum Gasteiger partial charge on any atom is 0.280 e. The van der Waals surface area contributed by atoms with Crippen molar-refractivity contribution in [3.63, 3.8) is 0 Å². The maximum absolute atomic E-state index is 12.7. The molecule has 1 aliphatic rings. The van der Waals surface area contributed by atoms with Gasteiger partial charge in [-0.2, -0.15) is 10.1 Å². The molecule has 1 N–H and O–H groups in total. The molecule has 122 valence electrons. The molecule has 0 radical (unpaired) electrons. The summed E-state index contributed by atoms with van der Waals surface area (Å²) in [6.45, 7) is 1.76. The van der Waals surface area contributed by atoms with Gasteiger partial charge in [0.15, 0.2) is 0 Å². The number of benzene rings is 2. The summed E-state index contributed by atoms with van der Waals surface area (Å²) in [5, 5.41) is 16.0. The average molecular weight is 473 g/mol. The van der Waals surface area contributed by atoms with Gasteiger partial charge in [-0.15, -0.1) is 0 Å². The van der Waals surface area contributed by atoms with Crippen LogP contribution in [0.25, 0.3) is 6.08 Å². The van der Waals surface area contributed by atoms with E-state index in [1.165, 1.54) is 5.01 Å². The molecule has 1 aliphatic heterocycles. The van der Waals surface area contributed by atoms with Crippen LogP contribution in [-0.2, 0) is 4.79 Å². The zero-order valence-corrected chi connectivity index (χ0v) is 16.1. The standard InChI is InChI=1S/C17H11Cl2IN2O2/c1-9-12(6-10-2-5-16(23)14(20)7-10)17(24)22(21-9)15-8-11(18)3-4-13(15)19/h2-8,23H,1H3. The highest BCUT2D eigenvalue weighted by molar-refractivity contribution is 14.1. The van der Waals surface area contributed by atoms with Crippen molar-refractivity contribution in [2.45, 2.75) is 6.92 Å². The van der Waals surface area contributed by atoms with Crippen molar-refractivity contribution in [1.82, 2.24) is 0 Å². The fourth-order valence-electron chi connectivity index (χ4n) is 2.28. The highest BCUT2D eigenvalue weighted by Crippen LogP contribution is 2.33. The Morgan fingerprint density at radius 1 is 1.21 bits per heavy atom. The maximum atomic E-state index is 12.7. The Morgan fingerprint density at radius 3 is 2.67 bits per heavy atom. The van der Waals surface area contributed by atoms with Crippen LogP contribution in [0.1, 0.15) is 12.5 Å². The van der Waals surface area contributed by atoms with Gasteiger partial charge in [-0.1, -0.05) is 29.3 Å². The Bertz CT molecular complexity index is 909. The minimum absolute atomic E-state index is 0.202. The van der Waals surface area contributed by atoms with Gasteiger partial charge < -0.3 is 5.11 Å². The number of hydrazone groups is 1. The van der Waals surface area contributed by atoms with Crippen LogP contribution in [0.2, 0.25) is 10.0 Å². The molecule has 2 aromatic rings. The summed E-state index contributed by atoms with van der Waals surface area (Å²) >= 11 is 14.2. The van der Waals surface area contributed by atoms with Crippen LogP contribution >= 0.6 is 45.8 Å². The summed E-state index contributed by atoms with van der Waals surface area (Å²) in [5.74, 6) is -0.0760. The summed E-state index contributed by atoms with van der Waals surface area (Å²) in [6.07, 6.45) is 1.74. The van der Waals surface area contributed by atoms with Gasteiger partial charge in [-0.25, -0.2) is 0 Å². The van der Waals surface area contributed by atoms with Gasteiger partial charge in [-0.3, -0.25) is 4.79 Å². The quantitative estimate of drug-likeness (QED) is 0.487. The SMILES string of the molecule is CC1=NN(c2cc(Cl)ccc2Cl)C(=O)C1=Cc1ccc(O)c(I)c1. The summed E-state index contributed by atoms with van der Waals surface area (Å²) in [5.41, 5.74) is 2.29. The van der Waals surface area contributed by atoms with Crippen LogP contribution < -0.4 is 5.01 Å². The van der Waals surface area contributed by atoms with Gasteiger partial charge in [0.25, 0.3) is 5.91 Å². The molecule has 7 heteroatoms. The number of carbonyl (C=O) groups is 1. The molecule has 0 fully saturated rings. The van der Waals surface area contributed by atoms with Crippen molar-refractivity contribution in [3.8, 4) is 5.75 Å². The largest absolute Gasteiger partial charge is 0.507 e. The Balaban J connectivity index is 2.00.